The summed E-state index contributed by atoms with van der Waals surface area (Å²) in [5.74, 6) is 0.784. The molecule has 2 aromatic rings. The van der Waals surface area contributed by atoms with Crippen molar-refractivity contribution < 1.29 is 21.6 Å². The third kappa shape index (κ3) is 4.96. The van der Waals surface area contributed by atoms with E-state index in [1.807, 2.05) is 10.6 Å². The van der Waals surface area contributed by atoms with Crippen LogP contribution < -0.4 is 15.7 Å². The molecule has 3 aliphatic heterocycles. The van der Waals surface area contributed by atoms with Crippen LogP contribution in [0.2, 0.25) is 0 Å². The van der Waals surface area contributed by atoms with Crippen molar-refractivity contribution in [3.8, 4) is 22.5 Å². The normalized spacial score (nSPS) is 14.0. The second-order valence-corrected chi connectivity index (χ2v) is 10.1. The van der Waals surface area contributed by atoms with Gasteiger partial charge in [0.25, 0.3) is 0 Å². The lowest BCUT2D eigenvalue weighted by Gasteiger charge is -2.18. The number of hydrogen-bond donors (Lipinski definition) is 2. The fourth-order valence-electron chi connectivity index (χ4n) is 4.18. The molecule has 5 rings (SSSR count). The number of aryl methyl sites for hydroxylation is 1. The van der Waals surface area contributed by atoms with Crippen LogP contribution in [0.1, 0.15) is 17.0 Å². The number of anilines is 2. The molecule has 2 N–H and O–H groups in total. The summed E-state index contributed by atoms with van der Waals surface area (Å²) in [6, 6.07) is 5.04. The van der Waals surface area contributed by atoms with Crippen molar-refractivity contribution in [2.24, 2.45) is 4.99 Å². The molecule has 0 atom stereocenters. The van der Waals surface area contributed by atoms with Gasteiger partial charge in [-0.15, -0.1) is 0 Å². The van der Waals surface area contributed by atoms with Crippen LogP contribution in [0.4, 0.5) is 24.7 Å². The number of hydrogen-bond acceptors (Lipinski definition) is 8. The van der Waals surface area contributed by atoms with Crippen molar-refractivity contribution in [3.05, 3.63) is 65.4 Å². The maximum Gasteiger partial charge on any atom is 0.416 e. The highest BCUT2D eigenvalue weighted by Crippen LogP contribution is 2.38. The van der Waals surface area contributed by atoms with Crippen LogP contribution in [-0.4, -0.2) is 46.5 Å². The standard InChI is InChI=1S/C23H21F3N8O2S/c1-13-18(19-7-14-10-31-22(27-2)32-20(14)34-6-5-29-21(19)34)9-16(11-30-13)33-37(35,36)12-17-8-15(3-4-28-17)23(24,25)26/h3-4,7-11,29,33H,5-6,12H2,1-2H3. The molecule has 0 unspecified atom stereocenters. The van der Waals surface area contributed by atoms with Gasteiger partial charge in [-0.2, -0.15) is 18.2 Å². The third-order valence-corrected chi connectivity index (χ3v) is 7.05. The number of pyridine rings is 3. The molecule has 0 spiro atoms. The first kappa shape index (κ1) is 24.6. The minimum absolute atomic E-state index is 0.167. The molecule has 0 aromatic carbocycles. The lowest BCUT2D eigenvalue weighted by atomic mass is 10.0. The summed E-state index contributed by atoms with van der Waals surface area (Å²) in [6.45, 7) is 3.14. The summed E-state index contributed by atoms with van der Waals surface area (Å²) in [7, 11) is -2.47. The number of halogens is 3. The minimum atomic E-state index is -4.60. The fourth-order valence-corrected chi connectivity index (χ4v) is 5.27. The highest BCUT2D eigenvalue weighted by atomic mass is 32.2. The van der Waals surface area contributed by atoms with E-state index in [0.29, 0.717) is 30.0 Å². The molecule has 14 heteroatoms. The van der Waals surface area contributed by atoms with Crippen molar-refractivity contribution in [1.82, 2.24) is 24.5 Å². The molecule has 0 fully saturated rings. The highest BCUT2D eigenvalue weighted by Gasteiger charge is 2.31. The van der Waals surface area contributed by atoms with Gasteiger partial charge >= 0.3 is 6.18 Å². The Balaban J connectivity index is 1.50. The summed E-state index contributed by atoms with van der Waals surface area (Å²) >= 11 is 0. The van der Waals surface area contributed by atoms with Crippen molar-refractivity contribution >= 4 is 21.5 Å². The molecule has 0 bridgehead atoms. The van der Waals surface area contributed by atoms with Gasteiger partial charge in [-0.25, -0.2) is 13.4 Å². The Kier molecular flexibility index (Phi) is 6.06. The van der Waals surface area contributed by atoms with E-state index in [1.54, 1.807) is 26.2 Å². The number of aromatic nitrogens is 5. The van der Waals surface area contributed by atoms with E-state index in [9.17, 15) is 21.6 Å². The summed E-state index contributed by atoms with van der Waals surface area (Å²) in [5, 5.41) is 3.35. The van der Waals surface area contributed by atoms with Crippen molar-refractivity contribution in [2.75, 3.05) is 23.6 Å². The van der Waals surface area contributed by atoms with E-state index in [2.05, 4.69) is 35.0 Å². The van der Waals surface area contributed by atoms with Gasteiger partial charge in [0.2, 0.25) is 15.6 Å². The quantitative estimate of drug-likeness (QED) is 0.406. The summed E-state index contributed by atoms with van der Waals surface area (Å²) in [5.41, 5.74) is 2.21. The van der Waals surface area contributed by atoms with Gasteiger partial charge in [0.15, 0.2) is 0 Å². The molecule has 0 radical (unpaired) electrons. The predicted octanol–water partition coefficient (Wildman–Crippen LogP) is 3.07. The van der Waals surface area contributed by atoms with E-state index in [-0.39, 0.29) is 11.4 Å². The average Bonchev–Trinajstić information content (AvgIpc) is 3.34. The molecule has 192 valence electrons. The Hall–Kier alpha value is -4.07. The summed E-state index contributed by atoms with van der Waals surface area (Å²) in [6.07, 6.45) is -0.632. The molecular weight excluding hydrogens is 509 g/mol. The largest absolute Gasteiger partial charge is 0.416 e. The monoisotopic (exact) mass is 530 g/mol. The number of sulfonamides is 1. The Morgan fingerprint density at radius 3 is 2.70 bits per heavy atom. The van der Waals surface area contributed by atoms with Gasteiger partial charge in [0, 0.05) is 54.9 Å². The maximum atomic E-state index is 13.0. The maximum absolute atomic E-state index is 13.0. The average molecular weight is 531 g/mol. The molecule has 10 nitrogen and oxygen atoms in total. The van der Waals surface area contributed by atoms with Crippen molar-refractivity contribution in [3.63, 3.8) is 0 Å². The zero-order chi connectivity index (χ0) is 26.4. The second kappa shape index (κ2) is 9.10. The topological polar surface area (TPSA) is 127 Å². The van der Waals surface area contributed by atoms with Gasteiger partial charge in [-0.05, 0) is 31.2 Å². The number of nitrogens with one attached hydrogen (secondary N) is 2. The Morgan fingerprint density at radius 2 is 1.95 bits per heavy atom. The molecule has 0 aliphatic carbocycles. The van der Waals surface area contributed by atoms with Crippen LogP contribution in [0.5, 0.6) is 0 Å². The smallest absolute Gasteiger partial charge is 0.369 e. The van der Waals surface area contributed by atoms with Crippen LogP contribution in [0, 0.1) is 6.92 Å². The number of fused-ring (bicyclic) bond motifs is 3. The Labute approximate surface area is 209 Å². The van der Waals surface area contributed by atoms with Gasteiger partial charge in [-0.3, -0.25) is 19.7 Å². The van der Waals surface area contributed by atoms with Gasteiger partial charge < -0.3 is 9.88 Å². The molecular formula is C23H21F3N8O2S. The fraction of sp³-hybridized carbons (Fsp3) is 0.261. The van der Waals surface area contributed by atoms with Crippen LogP contribution >= 0.6 is 0 Å². The first-order valence-electron chi connectivity index (χ1n) is 11.1. The summed E-state index contributed by atoms with van der Waals surface area (Å²) in [4.78, 5) is 20.9. The molecule has 0 saturated carbocycles. The van der Waals surface area contributed by atoms with Gasteiger partial charge in [0.05, 0.1) is 23.1 Å². The van der Waals surface area contributed by atoms with Gasteiger partial charge in [-0.1, -0.05) is 0 Å². The Bertz CT molecular complexity index is 1650. The van der Waals surface area contributed by atoms with Gasteiger partial charge in [0.1, 0.15) is 17.4 Å². The minimum Gasteiger partial charge on any atom is -0.369 e. The van der Waals surface area contributed by atoms with Crippen LogP contribution in [0.25, 0.3) is 22.5 Å². The van der Waals surface area contributed by atoms with Crippen molar-refractivity contribution in [1.29, 1.82) is 0 Å². The second-order valence-electron chi connectivity index (χ2n) is 8.41. The van der Waals surface area contributed by atoms with E-state index in [0.717, 1.165) is 41.1 Å². The lowest BCUT2D eigenvalue weighted by Crippen LogP contribution is -2.18. The summed E-state index contributed by atoms with van der Waals surface area (Å²) < 4.78 is 69.0. The molecule has 5 heterocycles. The predicted molar refractivity (Wildman–Crippen MR) is 130 cm³/mol. The lowest BCUT2D eigenvalue weighted by molar-refractivity contribution is -0.137. The van der Waals surface area contributed by atoms with E-state index in [1.165, 1.54) is 6.20 Å². The van der Waals surface area contributed by atoms with Crippen molar-refractivity contribution in [2.45, 2.75) is 25.4 Å². The molecule has 2 aromatic heterocycles. The van der Waals surface area contributed by atoms with E-state index in [4.69, 9.17) is 0 Å². The zero-order valence-corrected chi connectivity index (χ0v) is 20.5. The number of nitrogens with zero attached hydrogens (tertiary/aromatic N) is 6. The third-order valence-electron chi connectivity index (χ3n) is 5.82. The first-order valence-corrected chi connectivity index (χ1v) is 12.8. The van der Waals surface area contributed by atoms with E-state index >= 15 is 0 Å². The Morgan fingerprint density at radius 1 is 1.14 bits per heavy atom. The molecule has 37 heavy (non-hydrogen) atoms. The van der Waals surface area contributed by atoms with Crippen LogP contribution in [0.3, 0.4) is 0 Å². The number of alkyl halides is 3. The first-order chi connectivity index (χ1) is 17.5. The highest BCUT2D eigenvalue weighted by molar-refractivity contribution is 7.91. The van der Waals surface area contributed by atoms with Crippen LogP contribution in [0.15, 0.2) is 47.8 Å². The molecule has 3 aliphatic rings. The SMILES string of the molecule is CN=c1ncc2cc(-c3cc(NS(=O)(=O)Cc4cc(C(F)(F)F)ccn4)cnc3C)c3n(c-2n1)CCN3. The number of rotatable bonds is 5. The molecule has 0 amide bonds. The van der Waals surface area contributed by atoms with Crippen LogP contribution in [-0.2, 0) is 28.5 Å². The zero-order valence-electron chi connectivity index (χ0n) is 19.7. The molecule has 0 saturated heterocycles. The van der Waals surface area contributed by atoms with E-state index < -0.39 is 27.5 Å².